The van der Waals surface area contributed by atoms with Crippen molar-refractivity contribution in [3.8, 4) is 0 Å². The van der Waals surface area contributed by atoms with Gasteiger partial charge in [-0.15, -0.1) is 0 Å². The van der Waals surface area contributed by atoms with E-state index in [1.807, 2.05) is 0 Å². The fourth-order valence-electron chi connectivity index (χ4n) is 1.26. The lowest BCUT2D eigenvalue weighted by Crippen LogP contribution is -2.37. The van der Waals surface area contributed by atoms with Gasteiger partial charge in [0.2, 0.25) is 0 Å². The molecule has 4 nitrogen and oxygen atoms in total. The van der Waals surface area contributed by atoms with Crippen LogP contribution in [-0.2, 0) is 10.3 Å². The van der Waals surface area contributed by atoms with E-state index >= 15 is 0 Å². The number of nitrogens with zero attached hydrogens (tertiary/aromatic N) is 2. The minimum atomic E-state index is -1.07. The fourth-order valence-corrected chi connectivity index (χ4v) is 1.38. The van der Waals surface area contributed by atoms with Gasteiger partial charge in [-0.2, -0.15) is 5.10 Å². The molecule has 0 saturated heterocycles. The number of carbonyl (C=O) groups is 1. The third kappa shape index (κ3) is 1.50. The molecule has 5 heteroatoms. The normalized spacial score (nSPS) is 11.8. The summed E-state index contributed by atoms with van der Waals surface area (Å²) in [4.78, 5) is 11.0. The van der Waals surface area contributed by atoms with Crippen LogP contribution in [0.5, 0.6) is 0 Å². The SMILES string of the molecule is Cc1nn(C(C)(C)C(=O)O)c(C)c1Cl. The first-order valence-electron chi connectivity index (χ1n) is 4.24. The lowest BCUT2D eigenvalue weighted by atomic mass is 10.1. The van der Waals surface area contributed by atoms with Crippen LogP contribution < -0.4 is 0 Å². The minimum Gasteiger partial charge on any atom is -0.479 e. The lowest BCUT2D eigenvalue weighted by molar-refractivity contribution is -0.146. The van der Waals surface area contributed by atoms with Crippen LogP contribution >= 0.6 is 11.6 Å². The Labute approximate surface area is 87.5 Å². The molecule has 1 aromatic heterocycles. The van der Waals surface area contributed by atoms with Gasteiger partial charge in [-0.1, -0.05) is 11.6 Å². The second-order valence-corrected chi connectivity index (χ2v) is 4.14. The zero-order valence-corrected chi connectivity index (χ0v) is 9.38. The average Bonchev–Trinajstić information content (AvgIpc) is 2.33. The number of hydrogen-bond acceptors (Lipinski definition) is 2. The average molecular weight is 217 g/mol. The molecular formula is C9H13ClN2O2. The maximum atomic E-state index is 11.0. The fraction of sp³-hybridized carbons (Fsp3) is 0.556. The number of carboxylic acid groups (broad SMARTS) is 1. The van der Waals surface area contributed by atoms with Crippen molar-refractivity contribution in [1.29, 1.82) is 0 Å². The van der Waals surface area contributed by atoms with Gasteiger partial charge in [-0.25, -0.2) is 4.79 Å². The molecule has 1 heterocycles. The van der Waals surface area contributed by atoms with Crippen molar-refractivity contribution >= 4 is 17.6 Å². The molecule has 0 saturated carbocycles. The first kappa shape index (κ1) is 11.0. The summed E-state index contributed by atoms with van der Waals surface area (Å²) in [5, 5.41) is 13.6. The van der Waals surface area contributed by atoms with Gasteiger partial charge in [-0.3, -0.25) is 4.68 Å². The topological polar surface area (TPSA) is 55.1 Å². The Morgan fingerprint density at radius 2 is 2.00 bits per heavy atom. The molecule has 0 fully saturated rings. The molecule has 0 radical (unpaired) electrons. The molecule has 0 spiro atoms. The predicted octanol–water partition coefficient (Wildman–Crippen LogP) is 1.97. The quantitative estimate of drug-likeness (QED) is 0.823. The van der Waals surface area contributed by atoms with Crippen LogP contribution in [0.3, 0.4) is 0 Å². The molecule has 1 rings (SSSR count). The Morgan fingerprint density at radius 3 is 2.29 bits per heavy atom. The highest BCUT2D eigenvalue weighted by Crippen LogP contribution is 2.25. The van der Waals surface area contributed by atoms with Gasteiger partial charge in [0.15, 0.2) is 5.54 Å². The number of rotatable bonds is 2. The summed E-state index contributed by atoms with van der Waals surface area (Å²) in [7, 11) is 0. The Kier molecular flexibility index (Phi) is 2.58. The Hall–Kier alpha value is -1.03. The van der Waals surface area contributed by atoms with Gasteiger partial charge < -0.3 is 5.11 Å². The molecule has 0 amide bonds. The molecule has 0 aromatic carbocycles. The van der Waals surface area contributed by atoms with Crippen molar-refractivity contribution in [3.63, 3.8) is 0 Å². The van der Waals surface area contributed by atoms with E-state index in [2.05, 4.69) is 5.10 Å². The van der Waals surface area contributed by atoms with E-state index in [1.165, 1.54) is 4.68 Å². The van der Waals surface area contributed by atoms with Crippen molar-refractivity contribution in [2.24, 2.45) is 0 Å². The van der Waals surface area contributed by atoms with Crippen molar-refractivity contribution in [1.82, 2.24) is 9.78 Å². The second-order valence-electron chi connectivity index (χ2n) is 3.76. The van der Waals surface area contributed by atoms with Crippen LogP contribution in [-0.4, -0.2) is 20.9 Å². The highest BCUT2D eigenvalue weighted by molar-refractivity contribution is 6.31. The van der Waals surface area contributed by atoms with E-state index < -0.39 is 11.5 Å². The molecule has 0 aliphatic rings. The third-order valence-electron chi connectivity index (χ3n) is 2.26. The summed E-state index contributed by atoms with van der Waals surface area (Å²) >= 11 is 5.93. The summed E-state index contributed by atoms with van der Waals surface area (Å²) in [6.45, 7) is 6.69. The van der Waals surface area contributed by atoms with Crippen LogP contribution in [0.15, 0.2) is 0 Å². The molecule has 1 N–H and O–H groups in total. The summed E-state index contributed by atoms with van der Waals surface area (Å²) < 4.78 is 1.44. The van der Waals surface area contributed by atoms with Crippen molar-refractivity contribution in [2.45, 2.75) is 33.2 Å². The first-order valence-corrected chi connectivity index (χ1v) is 4.62. The standard InChI is InChI=1S/C9H13ClN2O2/c1-5-7(10)6(2)12(11-5)9(3,4)8(13)14/h1-4H3,(H,13,14). The zero-order valence-electron chi connectivity index (χ0n) is 8.63. The van der Waals surface area contributed by atoms with Crippen LogP contribution in [0.4, 0.5) is 0 Å². The molecule has 0 unspecified atom stereocenters. The zero-order chi connectivity index (χ0) is 11.1. The lowest BCUT2D eigenvalue weighted by Gasteiger charge is -2.21. The number of carboxylic acids is 1. The maximum absolute atomic E-state index is 11.0. The van der Waals surface area contributed by atoms with Crippen LogP contribution in [0.1, 0.15) is 25.2 Å². The number of hydrogen-bond donors (Lipinski definition) is 1. The Bertz CT molecular complexity index is 382. The summed E-state index contributed by atoms with van der Waals surface area (Å²) in [6, 6.07) is 0. The monoisotopic (exact) mass is 216 g/mol. The van der Waals surface area contributed by atoms with Crippen molar-refractivity contribution < 1.29 is 9.90 Å². The Balaban J connectivity index is 3.33. The molecule has 78 valence electrons. The van der Waals surface area contributed by atoms with Crippen LogP contribution in [0.25, 0.3) is 0 Å². The van der Waals surface area contributed by atoms with E-state index in [-0.39, 0.29) is 0 Å². The first-order chi connectivity index (χ1) is 6.28. The molecule has 0 bridgehead atoms. The molecule has 0 aliphatic heterocycles. The minimum absolute atomic E-state index is 0.527. The molecule has 0 aliphatic carbocycles. The smallest absolute Gasteiger partial charge is 0.331 e. The maximum Gasteiger partial charge on any atom is 0.331 e. The molecule has 0 atom stereocenters. The van der Waals surface area contributed by atoms with E-state index in [0.717, 1.165) is 0 Å². The molecule has 14 heavy (non-hydrogen) atoms. The van der Waals surface area contributed by atoms with Gasteiger partial charge in [0.25, 0.3) is 0 Å². The van der Waals surface area contributed by atoms with E-state index in [4.69, 9.17) is 16.7 Å². The summed E-state index contributed by atoms with van der Waals surface area (Å²) in [5.41, 5.74) is 0.261. The number of halogens is 1. The predicted molar refractivity (Wildman–Crippen MR) is 53.7 cm³/mol. The summed E-state index contributed by atoms with van der Waals surface area (Å²) in [6.07, 6.45) is 0. The van der Waals surface area contributed by atoms with E-state index in [0.29, 0.717) is 16.4 Å². The number of aromatic nitrogens is 2. The van der Waals surface area contributed by atoms with Crippen molar-refractivity contribution in [2.75, 3.05) is 0 Å². The van der Waals surface area contributed by atoms with Gasteiger partial charge in [0.05, 0.1) is 16.4 Å². The molecule has 1 aromatic rings. The van der Waals surface area contributed by atoms with Crippen LogP contribution in [0, 0.1) is 13.8 Å². The summed E-state index contributed by atoms with van der Waals surface area (Å²) in [5.74, 6) is -0.931. The highest BCUT2D eigenvalue weighted by atomic mass is 35.5. The van der Waals surface area contributed by atoms with E-state index in [9.17, 15) is 4.79 Å². The van der Waals surface area contributed by atoms with E-state index in [1.54, 1.807) is 27.7 Å². The van der Waals surface area contributed by atoms with Gasteiger partial charge in [0, 0.05) is 0 Å². The van der Waals surface area contributed by atoms with Crippen molar-refractivity contribution in [3.05, 3.63) is 16.4 Å². The second kappa shape index (κ2) is 3.28. The largest absolute Gasteiger partial charge is 0.479 e. The van der Waals surface area contributed by atoms with Gasteiger partial charge in [0.1, 0.15) is 0 Å². The Morgan fingerprint density at radius 1 is 1.50 bits per heavy atom. The van der Waals surface area contributed by atoms with Crippen LogP contribution in [0.2, 0.25) is 5.02 Å². The number of aryl methyl sites for hydroxylation is 1. The highest BCUT2D eigenvalue weighted by Gasteiger charge is 2.32. The van der Waals surface area contributed by atoms with Gasteiger partial charge in [-0.05, 0) is 27.7 Å². The number of aliphatic carboxylic acids is 1. The molecular weight excluding hydrogens is 204 g/mol. The third-order valence-corrected chi connectivity index (χ3v) is 2.80. The van der Waals surface area contributed by atoms with Gasteiger partial charge >= 0.3 is 5.97 Å².